The Hall–Kier alpha value is -2.14. The number of ether oxygens (including phenoxy) is 1. The first-order valence-corrected chi connectivity index (χ1v) is 5.44. The van der Waals surface area contributed by atoms with E-state index >= 15 is 0 Å². The van der Waals surface area contributed by atoms with Crippen LogP contribution in [0.1, 0.15) is 16.1 Å². The third-order valence-electron chi connectivity index (χ3n) is 2.16. The minimum absolute atomic E-state index is 0.0873. The summed E-state index contributed by atoms with van der Waals surface area (Å²) in [6, 6.07) is 5.17. The molecule has 1 aromatic carbocycles. The lowest BCUT2D eigenvalue weighted by atomic mass is 10.2. The predicted molar refractivity (Wildman–Crippen MR) is 65.3 cm³/mol. The Kier molecular flexibility index (Phi) is 3.43. The van der Waals surface area contributed by atoms with Crippen LogP contribution in [0.2, 0.25) is 5.02 Å². The first kappa shape index (κ1) is 12.3. The highest BCUT2D eigenvalue weighted by atomic mass is 35.5. The Labute approximate surface area is 108 Å². The number of rotatable bonds is 3. The molecular weight excluding hydrogens is 256 g/mol. The minimum atomic E-state index is -1.21. The molecule has 5 nitrogen and oxygen atoms in total. The lowest BCUT2D eigenvalue weighted by Crippen LogP contribution is -2.04. The smallest absolute Gasteiger partial charge is 0.360 e. The van der Waals surface area contributed by atoms with Crippen LogP contribution >= 0.6 is 11.6 Å². The molecule has 2 rings (SSSR count). The number of carboxylic acid groups (broad SMARTS) is 1. The van der Waals surface area contributed by atoms with Crippen molar-refractivity contribution in [1.82, 2.24) is 9.97 Å². The molecule has 0 saturated heterocycles. The number of aromatic carboxylic acids is 1. The van der Waals surface area contributed by atoms with Crippen molar-refractivity contribution in [3.8, 4) is 11.6 Å². The first-order valence-electron chi connectivity index (χ1n) is 5.06. The fraction of sp³-hybridized carbons (Fsp3) is 0.0833. The van der Waals surface area contributed by atoms with E-state index in [4.69, 9.17) is 21.4 Å². The van der Waals surface area contributed by atoms with E-state index in [1.54, 1.807) is 18.2 Å². The van der Waals surface area contributed by atoms with Gasteiger partial charge in [-0.25, -0.2) is 14.8 Å². The second kappa shape index (κ2) is 5.01. The van der Waals surface area contributed by atoms with E-state index in [1.807, 2.05) is 6.92 Å². The number of hydrogen-bond acceptors (Lipinski definition) is 4. The van der Waals surface area contributed by atoms with Crippen LogP contribution in [-0.2, 0) is 0 Å². The SMILES string of the molecule is Cc1ccc(Oc2nccnc2C(=O)O)c(Cl)c1. The number of benzene rings is 1. The molecule has 0 atom stereocenters. The highest BCUT2D eigenvalue weighted by Gasteiger charge is 2.15. The molecule has 1 heterocycles. The van der Waals surface area contributed by atoms with Crippen LogP contribution in [0.3, 0.4) is 0 Å². The Morgan fingerprint density at radius 2 is 2.06 bits per heavy atom. The zero-order valence-electron chi connectivity index (χ0n) is 9.42. The van der Waals surface area contributed by atoms with Gasteiger partial charge in [-0.15, -0.1) is 0 Å². The van der Waals surface area contributed by atoms with Crippen molar-refractivity contribution in [2.24, 2.45) is 0 Å². The molecule has 0 fully saturated rings. The number of aryl methyl sites for hydroxylation is 1. The largest absolute Gasteiger partial charge is 0.476 e. The van der Waals surface area contributed by atoms with Crippen LogP contribution in [0, 0.1) is 6.92 Å². The van der Waals surface area contributed by atoms with Gasteiger partial charge in [0.15, 0.2) is 0 Å². The van der Waals surface area contributed by atoms with Gasteiger partial charge in [0.25, 0.3) is 5.88 Å². The number of nitrogens with zero attached hydrogens (tertiary/aromatic N) is 2. The third kappa shape index (κ3) is 2.57. The molecule has 0 radical (unpaired) electrons. The molecule has 0 bridgehead atoms. The molecule has 0 saturated carbocycles. The van der Waals surface area contributed by atoms with Crippen LogP contribution < -0.4 is 4.74 Å². The van der Waals surface area contributed by atoms with Gasteiger partial charge in [-0.1, -0.05) is 17.7 Å². The summed E-state index contributed by atoms with van der Waals surface area (Å²) in [4.78, 5) is 18.5. The molecule has 6 heteroatoms. The average Bonchev–Trinajstić information content (AvgIpc) is 2.33. The van der Waals surface area contributed by atoms with Crippen molar-refractivity contribution in [1.29, 1.82) is 0 Å². The van der Waals surface area contributed by atoms with Gasteiger partial charge >= 0.3 is 5.97 Å². The highest BCUT2D eigenvalue weighted by molar-refractivity contribution is 6.32. The first-order chi connectivity index (χ1) is 8.58. The van der Waals surface area contributed by atoms with Gasteiger partial charge in [-0.05, 0) is 24.6 Å². The fourth-order valence-corrected chi connectivity index (χ4v) is 1.61. The van der Waals surface area contributed by atoms with Gasteiger partial charge in [0, 0.05) is 12.4 Å². The van der Waals surface area contributed by atoms with Crippen molar-refractivity contribution in [3.05, 3.63) is 46.9 Å². The van der Waals surface area contributed by atoms with Crippen LogP contribution in [0.4, 0.5) is 0 Å². The Bertz CT molecular complexity index is 602. The van der Waals surface area contributed by atoms with Crippen LogP contribution in [-0.4, -0.2) is 21.0 Å². The maximum Gasteiger partial charge on any atom is 0.360 e. The molecule has 0 spiro atoms. The summed E-state index contributed by atoms with van der Waals surface area (Å²) >= 11 is 5.99. The molecule has 1 aromatic heterocycles. The summed E-state index contributed by atoms with van der Waals surface area (Å²) in [7, 11) is 0. The van der Waals surface area contributed by atoms with E-state index in [0.717, 1.165) is 5.56 Å². The molecule has 0 aliphatic heterocycles. The van der Waals surface area contributed by atoms with Crippen LogP contribution in [0.5, 0.6) is 11.6 Å². The minimum Gasteiger partial charge on any atom is -0.476 e. The standard InChI is InChI=1S/C12H9ClN2O3/c1-7-2-3-9(8(13)6-7)18-11-10(12(16)17)14-4-5-15-11/h2-6H,1H3,(H,16,17). The summed E-state index contributed by atoms with van der Waals surface area (Å²) in [5.41, 5.74) is 0.721. The lowest BCUT2D eigenvalue weighted by molar-refractivity contribution is 0.0686. The van der Waals surface area contributed by atoms with E-state index in [1.165, 1.54) is 12.4 Å². The molecule has 0 aliphatic carbocycles. The highest BCUT2D eigenvalue weighted by Crippen LogP contribution is 2.29. The van der Waals surface area contributed by atoms with Gasteiger partial charge in [-0.3, -0.25) is 0 Å². The van der Waals surface area contributed by atoms with Crippen molar-refractivity contribution in [2.45, 2.75) is 6.92 Å². The topological polar surface area (TPSA) is 72.3 Å². The molecule has 0 aliphatic rings. The summed E-state index contributed by atoms with van der Waals surface area (Å²) in [6.45, 7) is 1.89. The number of halogens is 1. The van der Waals surface area contributed by atoms with Crippen LogP contribution in [0.25, 0.3) is 0 Å². The lowest BCUT2D eigenvalue weighted by Gasteiger charge is -2.08. The normalized spacial score (nSPS) is 10.1. The maximum absolute atomic E-state index is 10.9. The third-order valence-corrected chi connectivity index (χ3v) is 2.46. The maximum atomic E-state index is 10.9. The number of hydrogen-bond donors (Lipinski definition) is 1. The van der Waals surface area contributed by atoms with Crippen molar-refractivity contribution in [3.63, 3.8) is 0 Å². The Morgan fingerprint density at radius 1 is 1.33 bits per heavy atom. The monoisotopic (exact) mass is 264 g/mol. The number of carboxylic acids is 1. The van der Waals surface area contributed by atoms with Gasteiger partial charge in [0.2, 0.25) is 5.69 Å². The van der Waals surface area contributed by atoms with E-state index in [9.17, 15) is 4.79 Å². The van der Waals surface area contributed by atoms with E-state index < -0.39 is 5.97 Å². The zero-order chi connectivity index (χ0) is 13.1. The van der Waals surface area contributed by atoms with Gasteiger partial charge < -0.3 is 9.84 Å². The fourth-order valence-electron chi connectivity index (χ4n) is 1.34. The second-order valence-electron chi connectivity index (χ2n) is 3.55. The number of carbonyl (C=O) groups is 1. The molecule has 92 valence electrons. The van der Waals surface area contributed by atoms with E-state index in [-0.39, 0.29) is 11.6 Å². The van der Waals surface area contributed by atoms with E-state index in [2.05, 4.69) is 9.97 Å². The van der Waals surface area contributed by atoms with Gasteiger partial charge in [0.05, 0.1) is 5.02 Å². The summed E-state index contributed by atoms with van der Waals surface area (Å²) in [6.07, 6.45) is 2.64. The molecule has 0 amide bonds. The summed E-state index contributed by atoms with van der Waals surface area (Å²) < 4.78 is 5.37. The van der Waals surface area contributed by atoms with Gasteiger partial charge in [-0.2, -0.15) is 0 Å². The van der Waals surface area contributed by atoms with Crippen molar-refractivity contribution in [2.75, 3.05) is 0 Å². The van der Waals surface area contributed by atoms with Gasteiger partial charge in [0.1, 0.15) is 5.75 Å². The summed E-state index contributed by atoms with van der Waals surface area (Å²) in [5.74, 6) is -0.956. The molecule has 18 heavy (non-hydrogen) atoms. The van der Waals surface area contributed by atoms with Crippen molar-refractivity contribution >= 4 is 17.6 Å². The molecular formula is C12H9ClN2O3. The quantitative estimate of drug-likeness (QED) is 0.923. The van der Waals surface area contributed by atoms with Crippen LogP contribution in [0.15, 0.2) is 30.6 Å². The predicted octanol–water partition coefficient (Wildman–Crippen LogP) is 2.93. The second-order valence-corrected chi connectivity index (χ2v) is 3.96. The van der Waals surface area contributed by atoms with E-state index in [0.29, 0.717) is 10.8 Å². The zero-order valence-corrected chi connectivity index (χ0v) is 10.2. The molecule has 2 aromatic rings. The Morgan fingerprint density at radius 3 is 2.72 bits per heavy atom. The molecule has 0 unspecified atom stereocenters. The molecule has 1 N–H and O–H groups in total. The summed E-state index contributed by atoms with van der Waals surface area (Å²) in [5, 5.41) is 9.33. The van der Waals surface area contributed by atoms with Crippen molar-refractivity contribution < 1.29 is 14.6 Å². The Balaban J connectivity index is 2.37. The number of aromatic nitrogens is 2. The average molecular weight is 265 g/mol.